The van der Waals surface area contributed by atoms with Crippen molar-refractivity contribution in [2.45, 2.75) is 31.7 Å². The molecule has 0 saturated carbocycles. The van der Waals surface area contributed by atoms with Gasteiger partial charge in [-0.05, 0) is 83.3 Å². The van der Waals surface area contributed by atoms with E-state index in [1.807, 2.05) is 24.3 Å². The van der Waals surface area contributed by atoms with Crippen molar-refractivity contribution >= 4 is 38.1 Å². The summed E-state index contributed by atoms with van der Waals surface area (Å²) in [6, 6.07) is 35.0. The van der Waals surface area contributed by atoms with Crippen molar-refractivity contribution in [3.8, 4) is 22.8 Å². The fourth-order valence-corrected chi connectivity index (χ4v) is 6.35. The molecular weight excluding hydrogens is 623 g/mol. The van der Waals surface area contributed by atoms with Crippen LogP contribution in [0, 0.1) is 5.92 Å². The Bertz CT molecular complexity index is 2160. The van der Waals surface area contributed by atoms with Crippen LogP contribution in [0.1, 0.15) is 36.2 Å². The van der Waals surface area contributed by atoms with Crippen LogP contribution in [0.15, 0.2) is 125 Å². The predicted octanol–water partition coefficient (Wildman–Crippen LogP) is 7.77. The standard InChI is InChI=1S/C38H37N5O4S/c1-26(2)20-21-43(3)35-19-18-30(24-34(35)39-25-27-16-17-28-10-7-8-11-29(28)22-27)36-40-38(47-41-36)32-13-9-12-31(23-32)37(44)42-48(45,46)33-14-5-4-6-15-33/h4-19,22-24,26,39H,20-21,25H2,1-3H3,(H,42,44). The summed E-state index contributed by atoms with van der Waals surface area (Å²) in [7, 11) is -1.94. The number of rotatable bonds is 12. The Morgan fingerprint density at radius 3 is 2.40 bits per heavy atom. The SMILES string of the molecule is CC(C)CCN(C)c1ccc(-c2noc(-c3cccc(C(=O)NS(=O)(=O)c4ccccc4)c3)n2)cc1NCc1ccc2ccccc2c1. The first kappa shape index (κ1) is 32.5. The second-order valence-electron chi connectivity index (χ2n) is 12.1. The van der Waals surface area contributed by atoms with Gasteiger partial charge in [0.05, 0.1) is 16.3 Å². The lowest BCUT2D eigenvalue weighted by atomic mass is 10.1. The zero-order valence-corrected chi connectivity index (χ0v) is 27.9. The molecule has 1 heterocycles. The number of hydrogen-bond donors (Lipinski definition) is 2. The molecule has 48 heavy (non-hydrogen) atoms. The van der Waals surface area contributed by atoms with Gasteiger partial charge in [-0.25, -0.2) is 13.1 Å². The third-order valence-electron chi connectivity index (χ3n) is 8.08. The van der Waals surface area contributed by atoms with E-state index in [0.29, 0.717) is 23.9 Å². The van der Waals surface area contributed by atoms with Crippen LogP contribution in [0.25, 0.3) is 33.6 Å². The number of sulfonamides is 1. The number of benzene rings is 5. The summed E-state index contributed by atoms with van der Waals surface area (Å²) in [5, 5.41) is 10.3. The van der Waals surface area contributed by atoms with Gasteiger partial charge < -0.3 is 14.7 Å². The Morgan fingerprint density at radius 2 is 1.60 bits per heavy atom. The molecule has 0 unspecified atom stereocenters. The van der Waals surface area contributed by atoms with Crippen LogP contribution in [0.3, 0.4) is 0 Å². The Hall–Kier alpha value is -5.48. The number of aromatic nitrogens is 2. The molecule has 6 rings (SSSR count). The summed E-state index contributed by atoms with van der Waals surface area (Å²) in [6.45, 7) is 5.98. The van der Waals surface area contributed by atoms with Gasteiger partial charge in [-0.15, -0.1) is 0 Å². The van der Waals surface area contributed by atoms with Crippen LogP contribution in [-0.2, 0) is 16.6 Å². The van der Waals surface area contributed by atoms with Crippen molar-refractivity contribution in [3.05, 3.63) is 126 Å². The highest BCUT2D eigenvalue weighted by Gasteiger charge is 2.20. The zero-order valence-electron chi connectivity index (χ0n) is 27.1. The van der Waals surface area contributed by atoms with Crippen molar-refractivity contribution in [1.29, 1.82) is 0 Å². The number of nitrogens with zero attached hydrogens (tertiary/aromatic N) is 3. The molecular formula is C38H37N5O4S. The molecule has 0 aliphatic rings. The molecule has 9 nitrogen and oxygen atoms in total. The molecule has 244 valence electrons. The summed E-state index contributed by atoms with van der Waals surface area (Å²) < 4.78 is 33.1. The van der Waals surface area contributed by atoms with Gasteiger partial charge in [0.25, 0.3) is 21.8 Å². The number of nitrogens with one attached hydrogen (secondary N) is 2. The summed E-state index contributed by atoms with van der Waals surface area (Å²) >= 11 is 0. The predicted molar refractivity (Wildman–Crippen MR) is 190 cm³/mol. The average molecular weight is 660 g/mol. The van der Waals surface area contributed by atoms with Crippen molar-refractivity contribution in [2.24, 2.45) is 5.92 Å². The van der Waals surface area contributed by atoms with Gasteiger partial charge in [0.2, 0.25) is 5.82 Å². The molecule has 0 saturated heterocycles. The first-order chi connectivity index (χ1) is 23.2. The van der Waals surface area contributed by atoms with Crippen LogP contribution < -0.4 is 14.9 Å². The Labute approximate surface area is 280 Å². The lowest BCUT2D eigenvalue weighted by Gasteiger charge is -2.24. The normalized spacial score (nSPS) is 11.5. The minimum Gasteiger partial charge on any atom is -0.379 e. The Kier molecular flexibility index (Phi) is 9.54. The van der Waals surface area contributed by atoms with E-state index < -0.39 is 15.9 Å². The third kappa shape index (κ3) is 7.56. The van der Waals surface area contributed by atoms with Crippen LogP contribution in [-0.4, -0.2) is 38.1 Å². The highest BCUT2D eigenvalue weighted by Crippen LogP contribution is 2.32. The van der Waals surface area contributed by atoms with Gasteiger partial charge in [0.15, 0.2) is 0 Å². The monoisotopic (exact) mass is 659 g/mol. The summed E-state index contributed by atoms with van der Waals surface area (Å²) in [4.78, 5) is 19.8. The molecule has 1 amide bonds. The molecule has 0 radical (unpaired) electrons. The van der Waals surface area contributed by atoms with E-state index in [4.69, 9.17) is 4.52 Å². The number of carbonyl (C=O) groups excluding carboxylic acids is 1. The van der Waals surface area contributed by atoms with E-state index in [0.717, 1.165) is 35.5 Å². The fourth-order valence-electron chi connectivity index (χ4n) is 5.36. The maximum atomic E-state index is 12.9. The number of hydrogen-bond acceptors (Lipinski definition) is 8. The maximum absolute atomic E-state index is 12.9. The van der Waals surface area contributed by atoms with E-state index in [1.165, 1.54) is 35.0 Å². The minimum absolute atomic E-state index is 0.000644. The van der Waals surface area contributed by atoms with Crippen molar-refractivity contribution in [1.82, 2.24) is 14.9 Å². The topological polar surface area (TPSA) is 117 Å². The summed E-state index contributed by atoms with van der Waals surface area (Å²) in [5.41, 5.74) is 4.55. The molecule has 0 aliphatic carbocycles. The molecule has 0 bridgehead atoms. The van der Waals surface area contributed by atoms with Crippen LogP contribution in [0.4, 0.5) is 11.4 Å². The van der Waals surface area contributed by atoms with Crippen molar-refractivity contribution < 1.29 is 17.7 Å². The zero-order chi connectivity index (χ0) is 33.7. The Balaban J connectivity index is 1.24. The highest BCUT2D eigenvalue weighted by atomic mass is 32.2. The molecule has 0 fully saturated rings. The summed E-state index contributed by atoms with van der Waals surface area (Å²) in [6.07, 6.45) is 1.06. The average Bonchev–Trinajstić information content (AvgIpc) is 3.60. The number of anilines is 2. The first-order valence-corrected chi connectivity index (χ1v) is 17.3. The van der Waals surface area contributed by atoms with Crippen LogP contribution in [0.2, 0.25) is 0 Å². The van der Waals surface area contributed by atoms with Gasteiger partial charge in [0.1, 0.15) is 0 Å². The fraction of sp³-hybridized carbons (Fsp3) is 0.184. The van der Waals surface area contributed by atoms with E-state index >= 15 is 0 Å². The summed E-state index contributed by atoms with van der Waals surface area (Å²) in [5.74, 6) is 0.405. The lowest BCUT2D eigenvalue weighted by molar-refractivity contribution is 0.0981. The Morgan fingerprint density at radius 1 is 0.833 bits per heavy atom. The van der Waals surface area contributed by atoms with Crippen molar-refractivity contribution in [2.75, 3.05) is 23.8 Å². The van der Waals surface area contributed by atoms with Crippen LogP contribution in [0.5, 0.6) is 0 Å². The molecule has 1 aromatic heterocycles. The number of carbonyl (C=O) groups is 1. The van der Waals surface area contributed by atoms with E-state index in [2.05, 4.69) is 82.4 Å². The van der Waals surface area contributed by atoms with Gasteiger partial charge in [-0.3, -0.25) is 4.79 Å². The smallest absolute Gasteiger partial charge is 0.265 e. The molecule has 0 atom stereocenters. The van der Waals surface area contributed by atoms with E-state index in [-0.39, 0.29) is 16.3 Å². The molecule has 0 spiro atoms. The van der Waals surface area contributed by atoms with Crippen molar-refractivity contribution in [3.63, 3.8) is 0 Å². The largest absolute Gasteiger partial charge is 0.379 e. The molecule has 2 N–H and O–H groups in total. The second-order valence-corrected chi connectivity index (χ2v) is 13.8. The molecule has 5 aromatic carbocycles. The maximum Gasteiger partial charge on any atom is 0.265 e. The first-order valence-electron chi connectivity index (χ1n) is 15.8. The lowest BCUT2D eigenvalue weighted by Crippen LogP contribution is -2.30. The molecule has 6 aromatic rings. The molecule has 0 aliphatic heterocycles. The highest BCUT2D eigenvalue weighted by molar-refractivity contribution is 7.90. The van der Waals surface area contributed by atoms with Gasteiger partial charge in [0, 0.05) is 36.8 Å². The third-order valence-corrected chi connectivity index (χ3v) is 9.43. The molecule has 10 heteroatoms. The number of fused-ring (bicyclic) bond motifs is 1. The van der Waals surface area contributed by atoms with Gasteiger partial charge >= 0.3 is 0 Å². The van der Waals surface area contributed by atoms with Crippen LogP contribution >= 0.6 is 0 Å². The van der Waals surface area contributed by atoms with Gasteiger partial charge in [-0.2, -0.15) is 4.98 Å². The second kappa shape index (κ2) is 14.1. The van der Waals surface area contributed by atoms with E-state index in [9.17, 15) is 13.2 Å². The number of amides is 1. The van der Waals surface area contributed by atoms with E-state index in [1.54, 1.807) is 30.3 Å². The minimum atomic E-state index is -4.03. The quantitative estimate of drug-likeness (QED) is 0.137. The van der Waals surface area contributed by atoms with Gasteiger partial charge in [-0.1, -0.05) is 79.7 Å².